The number of hydrogen-bond donors (Lipinski definition) is 3. The predicted octanol–water partition coefficient (Wildman–Crippen LogP) is -0.836. The molecule has 16 heavy (non-hydrogen) atoms. The van der Waals surface area contributed by atoms with Crippen LogP contribution in [0.25, 0.3) is 0 Å². The predicted molar refractivity (Wildman–Crippen MR) is 58.7 cm³/mol. The SMILES string of the molecule is CC(O)COB(OCC(C)O)OCC(C)O. The molecule has 6 nitrogen and oxygen atoms in total. The van der Waals surface area contributed by atoms with Crippen LogP contribution in [-0.4, -0.2) is 60.8 Å². The van der Waals surface area contributed by atoms with E-state index in [1.807, 2.05) is 0 Å². The summed E-state index contributed by atoms with van der Waals surface area (Å²) in [6, 6.07) is 0. The summed E-state index contributed by atoms with van der Waals surface area (Å²) in [5.41, 5.74) is 0. The molecular formula is C9H21BO6. The zero-order valence-electron chi connectivity index (χ0n) is 10.00. The van der Waals surface area contributed by atoms with E-state index < -0.39 is 25.6 Å². The maximum absolute atomic E-state index is 9.02. The van der Waals surface area contributed by atoms with Crippen molar-refractivity contribution in [3.63, 3.8) is 0 Å². The Kier molecular flexibility index (Phi) is 8.82. The average molecular weight is 236 g/mol. The van der Waals surface area contributed by atoms with Gasteiger partial charge < -0.3 is 29.3 Å². The molecule has 0 aliphatic carbocycles. The molecule has 3 unspecified atom stereocenters. The van der Waals surface area contributed by atoms with Crippen LogP contribution in [0.3, 0.4) is 0 Å². The van der Waals surface area contributed by atoms with Crippen LogP contribution >= 0.6 is 0 Å². The molecule has 0 fully saturated rings. The Hall–Kier alpha value is -0.175. The Balaban J connectivity index is 3.85. The normalized spacial score (nSPS) is 16.9. The molecule has 0 amide bonds. The van der Waals surface area contributed by atoms with Crippen LogP contribution in [-0.2, 0) is 14.0 Å². The van der Waals surface area contributed by atoms with Crippen LogP contribution < -0.4 is 0 Å². The molecule has 0 bridgehead atoms. The average Bonchev–Trinajstić information content (AvgIpc) is 2.15. The minimum atomic E-state index is -0.987. The molecule has 7 heteroatoms. The van der Waals surface area contributed by atoms with Gasteiger partial charge in [-0.3, -0.25) is 0 Å². The third kappa shape index (κ3) is 10.3. The fourth-order valence-corrected chi connectivity index (χ4v) is 0.798. The van der Waals surface area contributed by atoms with Crippen LogP contribution in [0.1, 0.15) is 20.8 Å². The molecule has 0 heterocycles. The number of hydrogen-bond acceptors (Lipinski definition) is 6. The molecule has 0 aromatic heterocycles. The summed E-state index contributed by atoms with van der Waals surface area (Å²) in [5, 5.41) is 27.1. The highest BCUT2D eigenvalue weighted by Crippen LogP contribution is 1.98. The van der Waals surface area contributed by atoms with Gasteiger partial charge in [-0.2, -0.15) is 0 Å². The van der Waals surface area contributed by atoms with Gasteiger partial charge >= 0.3 is 7.32 Å². The molecule has 3 atom stereocenters. The van der Waals surface area contributed by atoms with Gasteiger partial charge in [0.2, 0.25) is 0 Å². The quantitative estimate of drug-likeness (QED) is 0.452. The van der Waals surface area contributed by atoms with E-state index in [4.69, 9.17) is 29.3 Å². The van der Waals surface area contributed by atoms with E-state index in [-0.39, 0.29) is 19.8 Å². The molecule has 3 N–H and O–H groups in total. The summed E-state index contributed by atoms with van der Waals surface area (Å²) in [6.07, 6.45) is -1.90. The summed E-state index contributed by atoms with van der Waals surface area (Å²) < 4.78 is 15.3. The molecular weight excluding hydrogens is 215 g/mol. The van der Waals surface area contributed by atoms with E-state index in [9.17, 15) is 0 Å². The van der Waals surface area contributed by atoms with E-state index in [2.05, 4.69) is 0 Å². The highest BCUT2D eigenvalue weighted by atomic mass is 16.7. The lowest BCUT2D eigenvalue weighted by molar-refractivity contribution is 0.0132. The lowest BCUT2D eigenvalue weighted by Gasteiger charge is -2.17. The van der Waals surface area contributed by atoms with Gasteiger partial charge in [-0.15, -0.1) is 0 Å². The summed E-state index contributed by atoms with van der Waals surface area (Å²) in [7, 11) is -0.987. The Bertz CT molecular complexity index is 136. The standard InChI is InChI=1S/C9H21BO6/c1-7(11)4-14-10(15-5-8(2)12)16-6-9(3)13/h7-9,11-13H,4-6H2,1-3H3. The summed E-state index contributed by atoms with van der Waals surface area (Å²) >= 11 is 0. The summed E-state index contributed by atoms with van der Waals surface area (Å²) in [6.45, 7) is 4.89. The van der Waals surface area contributed by atoms with E-state index >= 15 is 0 Å². The van der Waals surface area contributed by atoms with Gasteiger partial charge in [-0.1, -0.05) is 0 Å². The fraction of sp³-hybridized carbons (Fsp3) is 1.00. The Morgan fingerprint density at radius 3 is 1.19 bits per heavy atom. The highest BCUT2D eigenvalue weighted by Gasteiger charge is 2.23. The van der Waals surface area contributed by atoms with Crippen LogP contribution in [0.5, 0.6) is 0 Å². The Morgan fingerprint density at radius 1 is 0.750 bits per heavy atom. The molecule has 0 aliphatic heterocycles. The van der Waals surface area contributed by atoms with Crippen LogP contribution in [0.15, 0.2) is 0 Å². The molecule has 0 radical (unpaired) electrons. The van der Waals surface area contributed by atoms with Crippen molar-refractivity contribution in [2.24, 2.45) is 0 Å². The maximum atomic E-state index is 9.02. The van der Waals surface area contributed by atoms with E-state index in [0.717, 1.165) is 0 Å². The molecule has 0 saturated carbocycles. The van der Waals surface area contributed by atoms with Gasteiger partial charge in [0.1, 0.15) is 0 Å². The second-order valence-corrected chi connectivity index (χ2v) is 3.84. The molecule has 0 spiro atoms. The highest BCUT2D eigenvalue weighted by molar-refractivity contribution is 6.36. The largest absolute Gasteiger partial charge is 0.639 e. The molecule has 0 aromatic carbocycles. The van der Waals surface area contributed by atoms with Gasteiger partial charge in [0.05, 0.1) is 38.1 Å². The van der Waals surface area contributed by atoms with Crippen molar-refractivity contribution in [3.8, 4) is 0 Å². The zero-order valence-corrected chi connectivity index (χ0v) is 10.00. The topological polar surface area (TPSA) is 88.4 Å². The summed E-state index contributed by atoms with van der Waals surface area (Å²) in [5.74, 6) is 0. The van der Waals surface area contributed by atoms with Gasteiger partial charge in [-0.25, -0.2) is 0 Å². The first-order valence-corrected chi connectivity index (χ1v) is 5.30. The van der Waals surface area contributed by atoms with Crippen molar-refractivity contribution >= 4 is 7.32 Å². The smallest absolute Gasteiger partial charge is 0.391 e. The lowest BCUT2D eigenvalue weighted by atomic mass is 10.2. The second-order valence-electron chi connectivity index (χ2n) is 3.84. The van der Waals surface area contributed by atoms with Crippen LogP contribution in [0, 0.1) is 0 Å². The van der Waals surface area contributed by atoms with E-state index in [0.29, 0.717) is 0 Å². The fourth-order valence-electron chi connectivity index (χ4n) is 0.798. The first-order valence-electron chi connectivity index (χ1n) is 5.30. The number of aliphatic hydroxyl groups is 3. The zero-order chi connectivity index (χ0) is 12.6. The van der Waals surface area contributed by atoms with Crippen molar-refractivity contribution < 1.29 is 29.3 Å². The van der Waals surface area contributed by atoms with Crippen molar-refractivity contribution in [1.82, 2.24) is 0 Å². The van der Waals surface area contributed by atoms with Gasteiger partial charge in [0.25, 0.3) is 0 Å². The lowest BCUT2D eigenvalue weighted by Crippen LogP contribution is -2.34. The number of rotatable bonds is 9. The third-order valence-electron chi connectivity index (χ3n) is 1.42. The first kappa shape index (κ1) is 15.8. The monoisotopic (exact) mass is 236 g/mol. The van der Waals surface area contributed by atoms with Crippen molar-refractivity contribution in [1.29, 1.82) is 0 Å². The van der Waals surface area contributed by atoms with Crippen LogP contribution in [0.2, 0.25) is 0 Å². The number of aliphatic hydroxyl groups excluding tert-OH is 3. The summed E-state index contributed by atoms with van der Waals surface area (Å²) in [4.78, 5) is 0. The Morgan fingerprint density at radius 2 is 1.00 bits per heavy atom. The molecule has 96 valence electrons. The molecule has 0 rings (SSSR count). The molecule has 0 saturated heterocycles. The van der Waals surface area contributed by atoms with E-state index in [1.54, 1.807) is 20.8 Å². The van der Waals surface area contributed by atoms with Gasteiger partial charge in [0.15, 0.2) is 0 Å². The maximum Gasteiger partial charge on any atom is 0.639 e. The van der Waals surface area contributed by atoms with E-state index in [1.165, 1.54) is 0 Å². The van der Waals surface area contributed by atoms with Gasteiger partial charge in [0, 0.05) is 0 Å². The molecule has 0 aromatic rings. The van der Waals surface area contributed by atoms with Gasteiger partial charge in [-0.05, 0) is 20.8 Å². The molecule has 0 aliphatic rings. The third-order valence-corrected chi connectivity index (χ3v) is 1.42. The van der Waals surface area contributed by atoms with Crippen molar-refractivity contribution in [3.05, 3.63) is 0 Å². The van der Waals surface area contributed by atoms with Crippen molar-refractivity contribution in [2.45, 2.75) is 39.1 Å². The second kappa shape index (κ2) is 8.92. The van der Waals surface area contributed by atoms with Crippen molar-refractivity contribution in [2.75, 3.05) is 19.8 Å². The minimum Gasteiger partial charge on any atom is -0.391 e. The first-order chi connectivity index (χ1) is 7.41. The Labute approximate surface area is 96.3 Å². The van der Waals surface area contributed by atoms with Crippen LogP contribution in [0.4, 0.5) is 0 Å². The minimum absolute atomic E-state index is 0.0598.